The SMILES string of the molecule is CC(CNCc1ccc(Cl)s1)C(N)=NO. The highest BCUT2D eigenvalue weighted by Crippen LogP contribution is 2.20. The Kier molecular flexibility index (Phi) is 4.87. The normalized spacial score (nSPS) is 14.1. The van der Waals surface area contributed by atoms with Crippen molar-refractivity contribution in [1.29, 1.82) is 0 Å². The first-order valence-electron chi connectivity index (χ1n) is 4.56. The Balaban J connectivity index is 2.27. The van der Waals surface area contributed by atoms with Crippen LogP contribution in [0.1, 0.15) is 11.8 Å². The number of nitrogens with two attached hydrogens (primary N) is 1. The molecule has 0 aliphatic carbocycles. The summed E-state index contributed by atoms with van der Waals surface area (Å²) in [5, 5.41) is 14.6. The molecule has 1 unspecified atom stereocenters. The minimum absolute atomic E-state index is 0.0189. The van der Waals surface area contributed by atoms with E-state index >= 15 is 0 Å². The van der Waals surface area contributed by atoms with Crippen molar-refractivity contribution in [2.24, 2.45) is 16.8 Å². The lowest BCUT2D eigenvalue weighted by Crippen LogP contribution is -2.30. The maximum atomic E-state index is 8.44. The lowest BCUT2D eigenvalue weighted by atomic mass is 10.1. The van der Waals surface area contributed by atoms with Crippen molar-refractivity contribution in [2.45, 2.75) is 13.5 Å². The molecule has 84 valence electrons. The topological polar surface area (TPSA) is 70.6 Å². The van der Waals surface area contributed by atoms with E-state index in [9.17, 15) is 0 Å². The van der Waals surface area contributed by atoms with E-state index in [2.05, 4.69) is 10.5 Å². The summed E-state index contributed by atoms with van der Waals surface area (Å²) in [4.78, 5) is 1.17. The van der Waals surface area contributed by atoms with Crippen LogP contribution in [-0.2, 0) is 6.54 Å². The third-order valence-corrected chi connectivity index (χ3v) is 3.23. The third kappa shape index (κ3) is 4.07. The number of nitrogens with one attached hydrogen (secondary N) is 1. The highest BCUT2D eigenvalue weighted by Gasteiger charge is 2.06. The third-order valence-electron chi connectivity index (χ3n) is 2.00. The summed E-state index contributed by atoms with van der Waals surface area (Å²) in [5.74, 6) is 0.261. The van der Waals surface area contributed by atoms with Gasteiger partial charge in [0.2, 0.25) is 0 Å². The number of nitrogens with zero attached hydrogens (tertiary/aromatic N) is 1. The fraction of sp³-hybridized carbons (Fsp3) is 0.444. The van der Waals surface area contributed by atoms with E-state index in [-0.39, 0.29) is 11.8 Å². The molecular weight excluding hydrogens is 234 g/mol. The number of oxime groups is 1. The Labute approximate surface area is 97.7 Å². The maximum Gasteiger partial charge on any atom is 0.143 e. The molecule has 0 aliphatic heterocycles. The first-order valence-corrected chi connectivity index (χ1v) is 5.75. The molecule has 1 aromatic heterocycles. The van der Waals surface area contributed by atoms with Crippen molar-refractivity contribution in [3.8, 4) is 0 Å². The number of halogens is 1. The molecule has 0 saturated heterocycles. The predicted octanol–water partition coefficient (Wildman–Crippen LogP) is 1.87. The first kappa shape index (κ1) is 12.3. The Hall–Kier alpha value is -0.780. The first-order chi connectivity index (χ1) is 7.13. The molecular formula is C9H14ClN3OS. The van der Waals surface area contributed by atoms with Crippen LogP contribution >= 0.6 is 22.9 Å². The molecule has 4 nitrogen and oxygen atoms in total. The average Bonchev–Trinajstić information content (AvgIpc) is 2.63. The van der Waals surface area contributed by atoms with E-state index in [0.717, 1.165) is 10.9 Å². The van der Waals surface area contributed by atoms with Gasteiger partial charge >= 0.3 is 0 Å². The summed E-state index contributed by atoms with van der Waals surface area (Å²) < 4.78 is 0.788. The van der Waals surface area contributed by atoms with E-state index in [1.807, 2.05) is 19.1 Å². The Bertz CT molecular complexity index is 340. The second-order valence-corrected chi connectivity index (χ2v) is 5.06. The number of rotatable bonds is 5. The van der Waals surface area contributed by atoms with Gasteiger partial charge < -0.3 is 16.3 Å². The molecule has 1 rings (SSSR count). The molecule has 0 radical (unpaired) electrons. The molecule has 0 fully saturated rings. The van der Waals surface area contributed by atoms with Crippen molar-refractivity contribution in [2.75, 3.05) is 6.54 Å². The monoisotopic (exact) mass is 247 g/mol. The number of hydrogen-bond donors (Lipinski definition) is 3. The van der Waals surface area contributed by atoms with Crippen LogP contribution in [0.4, 0.5) is 0 Å². The second-order valence-electron chi connectivity index (χ2n) is 3.26. The van der Waals surface area contributed by atoms with Crippen molar-refractivity contribution in [3.05, 3.63) is 21.3 Å². The zero-order valence-corrected chi connectivity index (χ0v) is 9.98. The number of hydrogen-bond acceptors (Lipinski definition) is 4. The Morgan fingerprint density at radius 2 is 2.47 bits per heavy atom. The van der Waals surface area contributed by atoms with Crippen LogP contribution in [0.15, 0.2) is 17.3 Å². The van der Waals surface area contributed by atoms with Gasteiger partial charge in [-0.1, -0.05) is 23.7 Å². The van der Waals surface area contributed by atoms with Crippen molar-refractivity contribution in [3.63, 3.8) is 0 Å². The van der Waals surface area contributed by atoms with Crippen molar-refractivity contribution < 1.29 is 5.21 Å². The van der Waals surface area contributed by atoms with E-state index < -0.39 is 0 Å². The minimum Gasteiger partial charge on any atom is -0.409 e. The van der Waals surface area contributed by atoms with Gasteiger partial charge in [0.05, 0.1) is 4.34 Å². The van der Waals surface area contributed by atoms with Crippen LogP contribution in [0.2, 0.25) is 4.34 Å². The molecule has 1 heterocycles. The smallest absolute Gasteiger partial charge is 0.143 e. The van der Waals surface area contributed by atoms with Crippen LogP contribution in [0, 0.1) is 5.92 Å². The van der Waals surface area contributed by atoms with Crippen molar-refractivity contribution >= 4 is 28.8 Å². The van der Waals surface area contributed by atoms with Gasteiger partial charge in [0.15, 0.2) is 0 Å². The highest BCUT2D eigenvalue weighted by molar-refractivity contribution is 7.16. The van der Waals surface area contributed by atoms with Gasteiger partial charge in [-0.3, -0.25) is 0 Å². The quantitative estimate of drug-likeness (QED) is 0.322. The lowest BCUT2D eigenvalue weighted by molar-refractivity contribution is 0.314. The van der Waals surface area contributed by atoms with Gasteiger partial charge in [-0.25, -0.2) is 0 Å². The molecule has 15 heavy (non-hydrogen) atoms. The second kappa shape index (κ2) is 5.95. The summed E-state index contributed by atoms with van der Waals surface area (Å²) in [7, 11) is 0. The number of thiophene rings is 1. The van der Waals surface area contributed by atoms with Gasteiger partial charge in [0.25, 0.3) is 0 Å². The van der Waals surface area contributed by atoms with Crippen LogP contribution in [0.3, 0.4) is 0 Å². The van der Waals surface area contributed by atoms with Crippen LogP contribution in [0.25, 0.3) is 0 Å². The molecule has 6 heteroatoms. The zero-order valence-electron chi connectivity index (χ0n) is 8.40. The fourth-order valence-corrected chi connectivity index (χ4v) is 2.12. The molecule has 0 spiro atoms. The molecule has 0 bridgehead atoms. The van der Waals surface area contributed by atoms with Gasteiger partial charge in [0, 0.05) is 23.9 Å². The van der Waals surface area contributed by atoms with Crippen LogP contribution in [0.5, 0.6) is 0 Å². The summed E-state index contributed by atoms with van der Waals surface area (Å²) in [6, 6.07) is 3.85. The molecule has 1 atom stereocenters. The van der Waals surface area contributed by atoms with Gasteiger partial charge in [-0.15, -0.1) is 11.3 Å². The zero-order chi connectivity index (χ0) is 11.3. The molecule has 0 saturated carbocycles. The largest absolute Gasteiger partial charge is 0.409 e. The average molecular weight is 248 g/mol. The molecule has 4 N–H and O–H groups in total. The summed E-state index contributed by atoms with van der Waals surface area (Å²) in [6.45, 7) is 3.31. The standard InChI is InChI=1S/C9H14ClN3OS/c1-6(9(11)13-14)4-12-5-7-2-3-8(10)15-7/h2-3,6,12,14H,4-5H2,1H3,(H2,11,13). The minimum atomic E-state index is 0.0189. The summed E-state index contributed by atoms with van der Waals surface area (Å²) in [5.41, 5.74) is 5.44. The van der Waals surface area contributed by atoms with Crippen LogP contribution in [-0.4, -0.2) is 17.6 Å². The van der Waals surface area contributed by atoms with Crippen LogP contribution < -0.4 is 11.1 Å². The van der Waals surface area contributed by atoms with Crippen molar-refractivity contribution in [1.82, 2.24) is 5.32 Å². The predicted molar refractivity (Wildman–Crippen MR) is 63.6 cm³/mol. The van der Waals surface area contributed by atoms with Gasteiger partial charge in [-0.05, 0) is 12.1 Å². The molecule has 1 aromatic rings. The van der Waals surface area contributed by atoms with E-state index in [1.54, 1.807) is 11.3 Å². The molecule has 0 amide bonds. The van der Waals surface area contributed by atoms with E-state index in [0.29, 0.717) is 6.54 Å². The van der Waals surface area contributed by atoms with E-state index in [1.165, 1.54) is 4.88 Å². The lowest BCUT2D eigenvalue weighted by Gasteiger charge is -2.09. The van der Waals surface area contributed by atoms with Gasteiger partial charge in [0.1, 0.15) is 5.84 Å². The number of amidine groups is 1. The highest BCUT2D eigenvalue weighted by atomic mass is 35.5. The summed E-state index contributed by atoms with van der Waals surface area (Å²) in [6.07, 6.45) is 0. The van der Waals surface area contributed by atoms with E-state index in [4.69, 9.17) is 22.5 Å². The Morgan fingerprint density at radius 3 is 3.00 bits per heavy atom. The van der Waals surface area contributed by atoms with Gasteiger partial charge in [-0.2, -0.15) is 0 Å². The fourth-order valence-electron chi connectivity index (χ4n) is 1.06. The molecule has 0 aromatic carbocycles. The molecule has 0 aliphatic rings. The maximum absolute atomic E-state index is 8.44. The summed E-state index contributed by atoms with van der Waals surface area (Å²) >= 11 is 7.34. The Morgan fingerprint density at radius 1 is 1.73 bits per heavy atom.